The second kappa shape index (κ2) is 6.40. The number of esters is 1. The number of carbonyl (C=O) groups excluding carboxylic acids is 2. The Labute approximate surface area is 127 Å². The second-order valence-electron chi connectivity index (χ2n) is 4.76. The Bertz CT molecular complexity index is 633. The van der Waals surface area contributed by atoms with Gasteiger partial charge in [0.15, 0.2) is 0 Å². The van der Waals surface area contributed by atoms with E-state index in [2.05, 4.69) is 10.3 Å². The van der Waals surface area contributed by atoms with E-state index in [-0.39, 0.29) is 5.90 Å². The van der Waals surface area contributed by atoms with Crippen LogP contribution in [0.15, 0.2) is 47.1 Å². The molecule has 1 saturated heterocycles. The minimum Gasteiger partial charge on any atom is -0.402 e. The molecular weight excluding hydrogens is 286 g/mol. The first-order valence-corrected chi connectivity index (χ1v) is 6.94. The SMILES string of the molecule is O=C(N=C1OC(=O)C=C1N1CCOCC1)Nc1ccccc1. The monoisotopic (exact) mass is 301 g/mol. The van der Waals surface area contributed by atoms with Crippen molar-refractivity contribution in [1.82, 2.24) is 4.90 Å². The molecule has 0 bridgehead atoms. The maximum atomic E-state index is 11.9. The van der Waals surface area contributed by atoms with Crippen LogP contribution in [0.2, 0.25) is 0 Å². The fourth-order valence-electron chi connectivity index (χ4n) is 2.23. The van der Waals surface area contributed by atoms with Crippen LogP contribution < -0.4 is 5.32 Å². The number of morpholine rings is 1. The zero-order valence-electron chi connectivity index (χ0n) is 11.8. The zero-order chi connectivity index (χ0) is 15.4. The van der Waals surface area contributed by atoms with Gasteiger partial charge in [-0.3, -0.25) is 0 Å². The molecule has 0 aliphatic carbocycles. The molecule has 1 N–H and O–H groups in total. The highest BCUT2D eigenvalue weighted by molar-refractivity contribution is 6.14. The van der Waals surface area contributed by atoms with Crippen LogP contribution in [-0.4, -0.2) is 49.1 Å². The average Bonchev–Trinajstić information content (AvgIpc) is 2.89. The van der Waals surface area contributed by atoms with Gasteiger partial charge in [-0.25, -0.2) is 9.59 Å². The Hall–Kier alpha value is -2.67. The summed E-state index contributed by atoms with van der Waals surface area (Å²) in [4.78, 5) is 29.2. The molecule has 7 heteroatoms. The van der Waals surface area contributed by atoms with Gasteiger partial charge in [0.1, 0.15) is 5.70 Å². The van der Waals surface area contributed by atoms with E-state index in [1.807, 2.05) is 11.0 Å². The normalized spacial score (nSPS) is 19.8. The minimum absolute atomic E-state index is 0.0281. The highest BCUT2D eigenvalue weighted by Crippen LogP contribution is 2.17. The van der Waals surface area contributed by atoms with Crippen molar-refractivity contribution in [3.63, 3.8) is 0 Å². The quantitative estimate of drug-likeness (QED) is 0.835. The Balaban J connectivity index is 1.73. The average molecular weight is 301 g/mol. The van der Waals surface area contributed by atoms with Crippen LogP contribution in [0.25, 0.3) is 0 Å². The third-order valence-corrected chi connectivity index (χ3v) is 3.25. The lowest BCUT2D eigenvalue weighted by atomic mass is 10.3. The van der Waals surface area contributed by atoms with Gasteiger partial charge in [-0.05, 0) is 12.1 Å². The molecule has 0 atom stereocenters. The molecular formula is C15H15N3O4. The predicted octanol–water partition coefficient (Wildman–Crippen LogP) is 1.39. The van der Waals surface area contributed by atoms with E-state index in [4.69, 9.17) is 9.47 Å². The molecule has 2 aliphatic heterocycles. The first kappa shape index (κ1) is 14.3. The zero-order valence-corrected chi connectivity index (χ0v) is 11.8. The standard InChI is InChI=1S/C15H15N3O4/c19-13-10-12(18-6-8-21-9-7-18)14(22-13)17-15(20)16-11-4-2-1-3-5-11/h1-5,10H,6-9H2,(H,16,20). The summed E-state index contributed by atoms with van der Waals surface area (Å²) in [6.45, 7) is 2.38. The van der Waals surface area contributed by atoms with Crippen molar-refractivity contribution >= 4 is 23.6 Å². The number of cyclic esters (lactones) is 1. The Morgan fingerprint density at radius 2 is 1.91 bits per heavy atom. The molecule has 1 fully saturated rings. The third-order valence-electron chi connectivity index (χ3n) is 3.25. The van der Waals surface area contributed by atoms with E-state index >= 15 is 0 Å². The van der Waals surface area contributed by atoms with Gasteiger partial charge in [0.05, 0.1) is 19.3 Å². The fraction of sp³-hybridized carbons (Fsp3) is 0.267. The molecule has 114 valence electrons. The van der Waals surface area contributed by atoms with E-state index in [0.717, 1.165) is 0 Å². The van der Waals surface area contributed by atoms with Crippen molar-refractivity contribution in [2.45, 2.75) is 0 Å². The number of amides is 2. The van der Waals surface area contributed by atoms with Gasteiger partial charge in [0.2, 0.25) is 0 Å². The predicted molar refractivity (Wildman–Crippen MR) is 79.5 cm³/mol. The molecule has 7 nitrogen and oxygen atoms in total. The maximum Gasteiger partial charge on any atom is 0.348 e. The van der Waals surface area contributed by atoms with Crippen LogP contribution in [0.5, 0.6) is 0 Å². The molecule has 22 heavy (non-hydrogen) atoms. The maximum absolute atomic E-state index is 11.9. The number of carbonyl (C=O) groups is 2. The van der Waals surface area contributed by atoms with E-state index < -0.39 is 12.0 Å². The molecule has 0 saturated carbocycles. The lowest BCUT2D eigenvalue weighted by Gasteiger charge is -2.28. The third kappa shape index (κ3) is 3.32. The Morgan fingerprint density at radius 3 is 2.64 bits per heavy atom. The summed E-state index contributed by atoms with van der Waals surface area (Å²) in [5.74, 6) is -0.493. The number of para-hydroxylation sites is 1. The Morgan fingerprint density at radius 1 is 1.18 bits per heavy atom. The lowest BCUT2D eigenvalue weighted by molar-refractivity contribution is -0.129. The highest BCUT2D eigenvalue weighted by Gasteiger charge is 2.28. The number of urea groups is 1. The van der Waals surface area contributed by atoms with Gasteiger partial charge in [-0.1, -0.05) is 18.2 Å². The van der Waals surface area contributed by atoms with Gasteiger partial charge in [0.25, 0.3) is 5.90 Å². The summed E-state index contributed by atoms with van der Waals surface area (Å²) >= 11 is 0. The lowest BCUT2D eigenvalue weighted by Crippen LogP contribution is -2.37. The van der Waals surface area contributed by atoms with Gasteiger partial charge in [-0.15, -0.1) is 0 Å². The van der Waals surface area contributed by atoms with Crippen LogP contribution in [0.4, 0.5) is 10.5 Å². The largest absolute Gasteiger partial charge is 0.402 e. The van der Waals surface area contributed by atoms with Gasteiger partial charge >= 0.3 is 12.0 Å². The minimum atomic E-state index is -0.588. The molecule has 0 radical (unpaired) electrons. The molecule has 0 unspecified atom stereocenters. The number of rotatable bonds is 2. The van der Waals surface area contributed by atoms with Crippen LogP contribution in [0.1, 0.15) is 0 Å². The second-order valence-corrected chi connectivity index (χ2v) is 4.76. The number of hydrogen-bond donors (Lipinski definition) is 1. The number of ether oxygens (including phenoxy) is 2. The molecule has 2 aliphatic rings. The summed E-state index contributed by atoms with van der Waals surface area (Å²) < 4.78 is 10.3. The number of benzene rings is 1. The number of nitrogens with one attached hydrogen (secondary N) is 1. The van der Waals surface area contributed by atoms with E-state index in [1.165, 1.54) is 6.08 Å². The fourth-order valence-corrected chi connectivity index (χ4v) is 2.23. The van der Waals surface area contributed by atoms with Crippen molar-refractivity contribution < 1.29 is 19.1 Å². The molecule has 3 rings (SSSR count). The molecule has 0 spiro atoms. The highest BCUT2D eigenvalue weighted by atomic mass is 16.5. The topological polar surface area (TPSA) is 80.2 Å². The van der Waals surface area contributed by atoms with Gasteiger partial charge in [-0.2, -0.15) is 4.99 Å². The summed E-state index contributed by atoms with van der Waals surface area (Å²) in [6.07, 6.45) is 1.35. The molecule has 1 aromatic carbocycles. The molecule has 0 aromatic heterocycles. The van der Waals surface area contributed by atoms with Crippen molar-refractivity contribution in [2.75, 3.05) is 31.6 Å². The van der Waals surface area contributed by atoms with E-state index in [0.29, 0.717) is 37.7 Å². The summed E-state index contributed by atoms with van der Waals surface area (Å²) in [5.41, 5.74) is 1.15. The van der Waals surface area contributed by atoms with E-state index in [9.17, 15) is 9.59 Å². The van der Waals surface area contributed by atoms with E-state index in [1.54, 1.807) is 24.3 Å². The molecule has 2 amide bonds. The number of nitrogens with zero attached hydrogens (tertiary/aromatic N) is 2. The first-order chi connectivity index (χ1) is 10.7. The van der Waals surface area contributed by atoms with Crippen LogP contribution in [-0.2, 0) is 14.3 Å². The van der Waals surface area contributed by atoms with Crippen LogP contribution in [0.3, 0.4) is 0 Å². The smallest absolute Gasteiger partial charge is 0.348 e. The van der Waals surface area contributed by atoms with Crippen molar-refractivity contribution in [1.29, 1.82) is 0 Å². The molecule has 1 aromatic rings. The summed E-state index contributed by atoms with van der Waals surface area (Å²) in [6, 6.07) is 8.36. The number of hydrogen-bond acceptors (Lipinski definition) is 5. The number of anilines is 1. The summed E-state index contributed by atoms with van der Waals surface area (Å²) in [5, 5.41) is 2.62. The number of aliphatic imine (C=N–C) groups is 1. The van der Waals surface area contributed by atoms with Crippen molar-refractivity contribution in [3.05, 3.63) is 42.1 Å². The van der Waals surface area contributed by atoms with Gasteiger partial charge in [0, 0.05) is 18.8 Å². The van der Waals surface area contributed by atoms with Crippen molar-refractivity contribution in [2.24, 2.45) is 4.99 Å². The van der Waals surface area contributed by atoms with Crippen LogP contribution in [0, 0.1) is 0 Å². The molecule has 2 heterocycles. The Kier molecular flexibility index (Phi) is 4.15. The summed E-state index contributed by atoms with van der Waals surface area (Å²) in [7, 11) is 0. The van der Waals surface area contributed by atoms with Gasteiger partial charge < -0.3 is 19.7 Å². The first-order valence-electron chi connectivity index (χ1n) is 6.94. The van der Waals surface area contributed by atoms with Crippen LogP contribution >= 0.6 is 0 Å². The van der Waals surface area contributed by atoms with Crippen molar-refractivity contribution in [3.8, 4) is 0 Å².